The van der Waals surface area contributed by atoms with Crippen molar-refractivity contribution in [3.8, 4) is 28.0 Å². The van der Waals surface area contributed by atoms with Gasteiger partial charge in [-0.2, -0.15) is 0 Å². The molecule has 3 aromatic rings. The highest BCUT2D eigenvalue weighted by Crippen LogP contribution is 2.31. The van der Waals surface area contributed by atoms with E-state index in [-0.39, 0.29) is 25.6 Å². The van der Waals surface area contributed by atoms with Crippen LogP contribution < -0.4 is 4.74 Å². The molecule has 0 bridgehead atoms. The summed E-state index contributed by atoms with van der Waals surface area (Å²) in [6, 6.07) is 20.1. The number of halogens is 1. The molecule has 0 aliphatic heterocycles. The smallest absolute Gasteiger partial charge is 0.333 e. The SMILES string of the molecule is C=C(C)C(=O)OCCc1cc(-c2ccc(-c3ccccc3)c(F)c2)ccc1OCCO. The zero-order valence-electron chi connectivity index (χ0n) is 17.4. The first-order valence-corrected chi connectivity index (χ1v) is 10.0. The standard InChI is InChI=1S/C26H25FO4/c1-18(2)26(29)31-14-12-22-16-20(9-11-25(22)30-15-13-28)21-8-10-23(24(27)17-21)19-6-4-3-5-7-19/h3-11,16-17,28H,1,12-15H2,2H3. The summed E-state index contributed by atoms with van der Waals surface area (Å²) in [5, 5.41) is 9.07. The maximum atomic E-state index is 14.8. The van der Waals surface area contributed by atoms with Crippen LogP contribution in [0.5, 0.6) is 5.75 Å². The van der Waals surface area contributed by atoms with Crippen LogP contribution in [0.1, 0.15) is 12.5 Å². The number of esters is 1. The zero-order chi connectivity index (χ0) is 22.2. The molecule has 0 fully saturated rings. The number of aliphatic hydroxyl groups is 1. The molecular formula is C26H25FO4. The van der Waals surface area contributed by atoms with Crippen molar-refractivity contribution in [2.75, 3.05) is 19.8 Å². The van der Waals surface area contributed by atoms with Gasteiger partial charge in [-0.25, -0.2) is 9.18 Å². The summed E-state index contributed by atoms with van der Waals surface area (Å²) in [6.45, 7) is 5.35. The van der Waals surface area contributed by atoms with Gasteiger partial charge in [0.2, 0.25) is 0 Å². The summed E-state index contributed by atoms with van der Waals surface area (Å²) in [7, 11) is 0. The van der Waals surface area contributed by atoms with Gasteiger partial charge in [0.05, 0.1) is 13.2 Å². The van der Waals surface area contributed by atoms with E-state index in [9.17, 15) is 9.18 Å². The van der Waals surface area contributed by atoms with E-state index in [4.69, 9.17) is 14.6 Å². The van der Waals surface area contributed by atoms with Gasteiger partial charge in [0.15, 0.2) is 0 Å². The highest BCUT2D eigenvalue weighted by molar-refractivity contribution is 5.86. The maximum absolute atomic E-state index is 14.8. The van der Waals surface area contributed by atoms with Crippen LogP contribution in [0.3, 0.4) is 0 Å². The third kappa shape index (κ3) is 5.80. The Kier molecular flexibility index (Phi) is 7.57. The normalized spacial score (nSPS) is 10.5. The lowest BCUT2D eigenvalue weighted by atomic mass is 9.97. The Morgan fingerprint density at radius 2 is 1.68 bits per heavy atom. The monoisotopic (exact) mass is 420 g/mol. The van der Waals surface area contributed by atoms with E-state index in [2.05, 4.69) is 6.58 Å². The van der Waals surface area contributed by atoms with Gasteiger partial charge in [-0.15, -0.1) is 0 Å². The molecule has 0 spiro atoms. The van der Waals surface area contributed by atoms with Crippen molar-refractivity contribution in [3.05, 3.63) is 90.3 Å². The van der Waals surface area contributed by atoms with Gasteiger partial charge < -0.3 is 14.6 Å². The largest absolute Gasteiger partial charge is 0.491 e. The number of hydrogen-bond acceptors (Lipinski definition) is 4. The molecule has 160 valence electrons. The zero-order valence-corrected chi connectivity index (χ0v) is 17.4. The molecule has 1 N–H and O–H groups in total. The van der Waals surface area contributed by atoms with Crippen LogP contribution in [0.4, 0.5) is 4.39 Å². The van der Waals surface area contributed by atoms with E-state index in [1.807, 2.05) is 48.5 Å². The first-order valence-electron chi connectivity index (χ1n) is 10.0. The minimum atomic E-state index is -0.451. The second-order valence-electron chi connectivity index (χ2n) is 7.12. The first kappa shape index (κ1) is 22.2. The van der Waals surface area contributed by atoms with Crippen LogP contribution in [-0.4, -0.2) is 30.9 Å². The van der Waals surface area contributed by atoms with Gasteiger partial charge in [-0.1, -0.05) is 55.1 Å². The molecule has 0 amide bonds. The lowest BCUT2D eigenvalue weighted by Gasteiger charge is -2.14. The Morgan fingerprint density at radius 3 is 2.35 bits per heavy atom. The Labute approximate surface area is 181 Å². The predicted octanol–water partition coefficient (Wildman–Crippen LogP) is 5.19. The number of carbonyl (C=O) groups excluding carboxylic acids is 1. The Bertz CT molecular complexity index is 1060. The fourth-order valence-corrected chi connectivity index (χ4v) is 3.17. The van der Waals surface area contributed by atoms with Gasteiger partial charge in [0.1, 0.15) is 18.2 Å². The summed E-state index contributed by atoms with van der Waals surface area (Å²) in [4.78, 5) is 11.6. The molecule has 4 nitrogen and oxygen atoms in total. The van der Waals surface area contributed by atoms with Crippen LogP contribution in [-0.2, 0) is 16.0 Å². The molecule has 31 heavy (non-hydrogen) atoms. The van der Waals surface area contributed by atoms with E-state index >= 15 is 0 Å². The van der Waals surface area contributed by atoms with Crippen molar-refractivity contribution in [2.45, 2.75) is 13.3 Å². The predicted molar refractivity (Wildman–Crippen MR) is 119 cm³/mol. The van der Waals surface area contributed by atoms with E-state index in [0.717, 1.165) is 22.3 Å². The molecule has 0 atom stereocenters. The molecule has 0 heterocycles. The number of rotatable bonds is 9. The van der Waals surface area contributed by atoms with Gasteiger partial charge in [-0.05, 0) is 47.4 Å². The topological polar surface area (TPSA) is 55.8 Å². The Balaban J connectivity index is 1.86. The van der Waals surface area contributed by atoms with E-state index in [1.165, 1.54) is 6.07 Å². The fourth-order valence-electron chi connectivity index (χ4n) is 3.17. The van der Waals surface area contributed by atoms with Crippen LogP contribution >= 0.6 is 0 Å². The molecule has 3 rings (SSSR count). The van der Waals surface area contributed by atoms with Crippen LogP contribution in [0.25, 0.3) is 22.3 Å². The summed E-state index contributed by atoms with van der Waals surface area (Å²) in [5.41, 5.74) is 4.04. The molecule has 0 aromatic heterocycles. The second kappa shape index (κ2) is 10.5. The van der Waals surface area contributed by atoms with E-state index < -0.39 is 5.97 Å². The van der Waals surface area contributed by atoms with Crippen molar-refractivity contribution in [3.63, 3.8) is 0 Å². The minimum absolute atomic E-state index is 0.113. The lowest BCUT2D eigenvalue weighted by Crippen LogP contribution is -2.10. The highest BCUT2D eigenvalue weighted by Gasteiger charge is 2.12. The van der Waals surface area contributed by atoms with Crippen molar-refractivity contribution in [2.24, 2.45) is 0 Å². The molecule has 0 saturated heterocycles. The highest BCUT2D eigenvalue weighted by atomic mass is 19.1. The van der Waals surface area contributed by atoms with E-state index in [0.29, 0.717) is 23.3 Å². The lowest BCUT2D eigenvalue weighted by molar-refractivity contribution is -0.138. The first-order chi connectivity index (χ1) is 15.0. The molecule has 0 aliphatic rings. The van der Waals surface area contributed by atoms with Crippen LogP contribution in [0.2, 0.25) is 0 Å². The third-order valence-electron chi connectivity index (χ3n) is 4.75. The maximum Gasteiger partial charge on any atom is 0.333 e. The summed E-state index contributed by atoms with van der Waals surface area (Å²) < 4.78 is 25.6. The summed E-state index contributed by atoms with van der Waals surface area (Å²) in [5.74, 6) is -0.167. The number of benzene rings is 3. The summed E-state index contributed by atoms with van der Waals surface area (Å²) >= 11 is 0. The molecular weight excluding hydrogens is 395 g/mol. The van der Waals surface area contributed by atoms with Crippen molar-refractivity contribution >= 4 is 5.97 Å². The molecule has 0 unspecified atom stereocenters. The Morgan fingerprint density at radius 1 is 0.968 bits per heavy atom. The van der Waals surface area contributed by atoms with Gasteiger partial charge in [0.25, 0.3) is 0 Å². The molecule has 0 aliphatic carbocycles. The Hall–Kier alpha value is -3.44. The molecule has 0 radical (unpaired) electrons. The molecule has 0 saturated carbocycles. The average Bonchev–Trinajstić information content (AvgIpc) is 2.78. The fraction of sp³-hybridized carbons (Fsp3) is 0.192. The number of carbonyl (C=O) groups is 1. The van der Waals surface area contributed by atoms with Gasteiger partial charge in [0, 0.05) is 17.6 Å². The molecule has 5 heteroatoms. The van der Waals surface area contributed by atoms with Gasteiger partial charge >= 0.3 is 5.97 Å². The van der Waals surface area contributed by atoms with Gasteiger partial charge in [-0.3, -0.25) is 0 Å². The van der Waals surface area contributed by atoms with E-state index in [1.54, 1.807) is 19.1 Å². The van der Waals surface area contributed by atoms with Crippen molar-refractivity contribution < 1.29 is 23.8 Å². The second-order valence-corrected chi connectivity index (χ2v) is 7.12. The van der Waals surface area contributed by atoms with Crippen molar-refractivity contribution in [1.82, 2.24) is 0 Å². The average molecular weight is 420 g/mol. The number of aliphatic hydroxyl groups excluding tert-OH is 1. The molecule has 3 aromatic carbocycles. The number of ether oxygens (including phenoxy) is 2. The quantitative estimate of drug-likeness (QED) is 0.382. The minimum Gasteiger partial charge on any atom is -0.491 e. The van der Waals surface area contributed by atoms with Crippen LogP contribution in [0.15, 0.2) is 78.9 Å². The van der Waals surface area contributed by atoms with Crippen LogP contribution in [0, 0.1) is 5.82 Å². The number of hydrogen-bond donors (Lipinski definition) is 1. The third-order valence-corrected chi connectivity index (χ3v) is 4.75. The summed E-state index contributed by atoms with van der Waals surface area (Å²) in [6.07, 6.45) is 0.415. The van der Waals surface area contributed by atoms with Crippen molar-refractivity contribution in [1.29, 1.82) is 0 Å².